The van der Waals surface area contributed by atoms with Gasteiger partial charge >= 0.3 is 5.97 Å². The monoisotopic (exact) mass is 504 g/mol. The molecule has 0 radical (unpaired) electrons. The number of methoxy groups -OCH3 is 1. The summed E-state index contributed by atoms with van der Waals surface area (Å²) in [6.07, 6.45) is 0. The van der Waals surface area contributed by atoms with Crippen molar-refractivity contribution in [2.45, 2.75) is 29.9 Å². The maximum absolute atomic E-state index is 13.1. The molecule has 0 aliphatic heterocycles. The number of rotatable bonds is 6. The Morgan fingerprint density at radius 3 is 2.12 bits per heavy atom. The molecule has 0 aliphatic rings. The van der Waals surface area contributed by atoms with Crippen LogP contribution in [0, 0.1) is 0 Å². The smallest absolute Gasteiger partial charge is 0.326 e. The first-order valence-corrected chi connectivity index (χ1v) is 10.8. The first-order chi connectivity index (χ1) is 12.1. The molecule has 26 heavy (non-hydrogen) atoms. The van der Waals surface area contributed by atoms with Gasteiger partial charge in [0.05, 0.1) is 12.0 Å². The Balaban J connectivity index is 2.65. The number of carboxylic acid groups (broad SMARTS) is 1. The van der Waals surface area contributed by atoms with E-state index in [1.807, 2.05) is 13.8 Å². The largest absolute Gasteiger partial charge is 0.496 e. The molecule has 0 spiro atoms. The summed E-state index contributed by atoms with van der Waals surface area (Å²) in [5.41, 5.74) is 0.869. The quantitative estimate of drug-likeness (QED) is 0.601. The average Bonchev–Trinajstić information content (AvgIpc) is 2.52. The molecular weight excluding hydrogens is 488 g/mol. The summed E-state index contributed by atoms with van der Waals surface area (Å²) in [6.45, 7) is 3.82. The molecule has 2 aromatic carbocycles. The maximum atomic E-state index is 13.1. The van der Waals surface area contributed by atoms with E-state index in [-0.39, 0.29) is 16.4 Å². The SMILES string of the molecule is COc1ccc(S(=O)(=O)C(C(=O)O)c2cc(Br)cc(Br)c2)cc1C(C)C. The standard InChI is InChI=1S/C18H18Br2O5S/c1-10(2)15-9-14(4-5-16(15)25-3)26(23,24)17(18(21)22)11-6-12(19)8-13(20)7-11/h4-10,17H,1-3H3,(H,21,22). The van der Waals surface area contributed by atoms with E-state index in [0.717, 1.165) is 0 Å². The van der Waals surface area contributed by atoms with E-state index in [4.69, 9.17) is 4.74 Å². The van der Waals surface area contributed by atoms with Crippen LogP contribution in [0.1, 0.15) is 36.1 Å². The van der Waals surface area contributed by atoms with E-state index in [1.54, 1.807) is 12.1 Å². The first kappa shape index (κ1) is 20.9. The Kier molecular flexibility index (Phi) is 6.52. The van der Waals surface area contributed by atoms with Crippen molar-refractivity contribution < 1.29 is 23.1 Å². The first-order valence-electron chi connectivity index (χ1n) is 7.68. The fourth-order valence-corrected chi connectivity index (χ4v) is 5.57. The Hall–Kier alpha value is -1.38. The van der Waals surface area contributed by atoms with E-state index in [2.05, 4.69) is 31.9 Å². The zero-order valence-electron chi connectivity index (χ0n) is 14.4. The van der Waals surface area contributed by atoms with E-state index in [1.165, 1.54) is 31.4 Å². The van der Waals surface area contributed by atoms with Gasteiger partial charge in [-0.05, 0) is 53.4 Å². The fourth-order valence-electron chi connectivity index (χ4n) is 2.66. The molecular formula is C18H18Br2O5S. The molecule has 0 saturated carbocycles. The molecule has 0 fully saturated rings. The van der Waals surface area contributed by atoms with Crippen LogP contribution in [0.25, 0.3) is 0 Å². The van der Waals surface area contributed by atoms with Crippen LogP contribution in [0.2, 0.25) is 0 Å². The van der Waals surface area contributed by atoms with Gasteiger partial charge in [-0.2, -0.15) is 0 Å². The Labute approximate surface area is 169 Å². The average molecular weight is 506 g/mol. The third-order valence-corrected chi connectivity index (χ3v) is 6.80. The van der Waals surface area contributed by atoms with Gasteiger partial charge in [0.15, 0.2) is 15.1 Å². The molecule has 0 saturated heterocycles. The van der Waals surface area contributed by atoms with Crippen LogP contribution in [-0.2, 0) is 14.6 Å². The number of carboxylic acids is 1. The van der Waals surface area contributed by atoms with Gasteiger partial charge in [0.2, 0.25) is 0 Å². The van der Waals surface area contributed by atoms with E-state index < -0.39 is 21.1 Å². The zero-order chi connectivity index (χ0) is 19.6. The van der Waals surface area contributed by atoms with Crippen molar-refractivity contribution >= 4 is 47.7 Å². The van der Waals surface area contributed by atoms with Crippen LogP contribution in [0.4, 0.5) is 0 Å². The Bertz CT molecular complexity index is 918. The van der Waals surface area contributed by atoms with Crippen LogP contribution in [0.3, 0.4) is 0 Å². The predicted molar refractivity (Wildman–Crippen MR) is 106 cm³/mol. The number of benzene rings is 2. The topological polar surface area (TPSA) is 80.7 Å². The highest BCUT2D eigenvalue weighted by Gasteiger charge is 2.36. The van der Waals surface area contributed by atoms with Gasteiger partial charge in [0.25, 0.3) is 0 Å². The zero-order valence-corrected chi connectivity index (χ0v) is 18.4. The molecule has 2 rings (SSSR count). The second-order valence-corrected chi connectivity index (χ2v) is 9.89. The summed E-state index contributed by atoms with van der Waals surface area (Å²) in [5, 5.41) is 7.93. The van der Waals surface area contributed by atoms with Crippen molar-refractivity contribution in [1.82, 2.24) is 0 Å². The molecule has 0 aliphatic carbocycles. The Morgan fingerprint density at radius 1 is 1.08 bits per heavy atom. The summed E-state index contributed by atoms with van der Waals surface area (Å²) in [5.74, 6) is -0.851. The van der Waals surface area contributed by atoms with Gasteiger partial charge in [-0.3, -0.25) is 4.79 Å². The number of hydrogen-bond donors (Lipinski definition) is 1. The maximum Gasteiger partial charge on any atom is 0.326 e. The molecule has 140 valence electrons. The van der Waals surface area contributed by atoms with Crippen molar-refractivity contribution in [3.63, 3.8) is 0 Å². The lowest BCUT2D eigenvalue weighted by Gasteiger charge is -2.18. The summed E-state index contributed by atoms with van der Waals surface area (Å²) in [4.78, 5) is 11.8. The van der Waals surface area contributed by atoms with Gasteiger partial charge in [-0.25, -0.2) is 8.42 Å². The third-order valence-electron chi connectivity index (χ3n) is 3.87. The number of aliphatic carboxylic acids is 1. The minimum atomic E-state index is -4.16. The van der Waals surface area contributed by atoms with Crippen LogP contribution in [0.5, 0.6) is 5.75 Å². The minimum absolute atomic E-state index is 0.0170. The molecule has 5 nitrogen and oxygen atoms in total. The lowest BCUT2D eigenvalue weighted by molar-refractivity contribution is -0.136. The van der Waals surface area contributed by atoms with Gasteiger partial charge in [0, 0.05) is 8.95 Å². The minimum Gasteiger partial charge on any atom is -0.496 e. The summed E-state index contributed by atoms with van der Waals surface area (Å²) in [7, 11) is -2.66. The van der Waals surface area contributed by atoms with Crippen LogP contribution >= 0.6 is 31.9 Å². The lowest BCUT2D eigenvalue weighted by Crippen LogP contribution is -2.22. The van der Waals surface area contributed by atoms with Crippen molar-refractivity contribution in [2.24, 2.45) is 0 Å². The normalized spacial score (nSPS) is 12.8. The highest BCUT2D eigenvalue weighted by atomic mass is 79.9. The number of halogens is 2. The molecule has 0 bridgehead atoms. The summed E-state index contributed by atoms with van der Waals surface area (Å²) >= 11 is 6.54. The van der Waals surface area contributed by atoms with Gasteiger partial charge in [-0.15, -0.1) is 0 Å². The summed E-state index contributed by atoms with van der Waals surface area (Å²) < 4.78 is 32.7. The fraction of sp³-hybridized carbons (Fsp3) is 0.278. The molecule has 1 N–H and O–H groups in total. The molecule has 1 unspecified atom stereocenters. The number of hydrogen-bond acceptors (Lipinski definition) is 4. The molecule has 1 atom stereocenters. The molecule has 8 heteroatoms. The number of sulfone groups is 1. The van der Waals surface area contributed by atoms with Gasteiger partial charge < -0.3 is 9.84 Å². The van der Waals surface area contributed by atoms with Crippen molar-refractivity contribution in [2.75, 3.05) is 7.11 Å². The highest BCUT2D eigenvalue weighted by molar-refractivity contribution is 9.11. The second kappa shape index (κ2) is 8.10. The van der Waals surface area contributed by atoms with E-state index in [0.29, 0.717) is 20.3 Å². The second-order valence-electron chi connectivity index (χ2n) is 6.02. The van der Waals surface area contributed by atoms with Crippen LogP contribution in [0.15, 0.2) is 50.2 Å². The molecule has 2 aromatic rings. The molecule has 0 aromatic heterocycles. The summed E-state index contributed by atoms with van der Waals surface area (Å²) in [6, 6.07) is 9.12. The number of ether oxygens (including phenoxy) is 1. The molecule has 0 amide bonds. The van der Waals surface area contributed by atoms with Crippen LogP contribution in [-0.4, -0.2) is 26.6 Å². The van der Waals surface area contributed by atoms with Crippen molar-refractivity contribution in [3.05, 3.63) is 56.5 Å². The van der Waals surface area contributed by atoms with Crippen molar-refractivity contribution in [3.8, 4) is 5.75 Å². The van der Waals surface area contributed by atoms with E-state index >= 15 is 0 Å². The Morgan fingerprint density at radius 2 is 1.65 bits per heavy atom. The van der Waals surface area contributed by atoms with Gasteiger partial charge in [-0.1, -0.05) is 45.7 Å². The van der Waals surface area contributed by atoms with Crippen LogP contribution < -0.4 is 4.74 Å². The number of carbonyl (C=O) groups is 1. The highest BCUT2D eigenvalue weighted by Crippen LogP contribution is 2.36. The molecule has 0 heterocycles. The third kappa shape index (κ3) is 4.29. The van der Waals surface area contributed by atoms with E-state index in [9.17, 15) is 18.3 Å². The van der Waals surface area contributed by atoms with Gasteiger partial charge in [0.1, 0.15) is 5.75 Å². The predicted octanol–water partition coefficient (Wildman–Crippen LogP) is 4.94. The van der Waals surface area contributed by atoms with Crippen molar-refractivity contribution in [1.29, 1.82) is 0 Å². The lowest BCUT2D eigenvalue weighted by atomic mass is 10.0.